The van der Waals surface area contributed by atoms with Gasteiger partial charge in [0.25, 0.3) is 5.89 Å². The van der Waals surface area contributed by atoms with Crippen LogP contribution in [-0.2, 0) is 4.74 Å². The van der Waals surface area contributed by atoms with Crippen LogP contribution < -0.4 is 5.73 Å². The SMILES string of the molecule is Nc1cc(F)ccc1-c1nc(C2CSCCO2)no1. The van der Waals surface area contributed by atoms with E-state index in [1.54, 1.807) is 11.8 Å². The molecule has 0 bridgehead atoms. The van der Waals surface area contributed by atoms with Gasteiger partial charge in [0, 0.05) is 17.2 Å². The number of rotatable bonds is 2. The summed E-state index contributed by atoms with van der Waals surface area (Å²) in [6, 6.07) is 4.06. The average Bonchev–Trinajstić information content (AvgIpc) is 2.89. The molecular weight excluding hydrogens is 269 g/mol. The molecule has 1 atom stereocenters. The zero-order valence-corrected chi connectivity index (χ0v) is 10.8. The van der Waals surface area contributed by atoms with Crippen LogP contribution in [0.25, 0.3) is 11.5 Å². The fourth-order valence-corrected chi connectivity index (χ4v) is 2.68. The van der Waals surface area contributed by atoms with Crippen LogP contribution in [0.4, 0.5) is 10.1 Å². The monoisotopic (exact) mass is 281 g/mol. The largest absolute Gasteiger partial charge is 0.398 e. The van der Waals surface area contributed by atoms with Crippen LogP contribution in [0.1, 0.15) is 11.9 Å². The van der Waals surface area contributed by atoms with E-state index < -0.39 is 5.82 Å². The van der Waals surface area contributed by atoms with E-state index in [0.29, 0.717) is 18.0 Å². The van der Waals surface area contributed by atoms with Crippen molar-refractivity contribution in [2.75, 3.05) is 23.8 Å². The molecule has 1 aromatic heterocycles. The van der Waals surface area contributed by atoms with Crippen molar-refractivity contribution in [3.63, 3.8) is 0 Å². The van der Waals surface area contributed by atoms with Crippen LogP contribution in [0, 0.1) is 5.82 Å². The Morgan fingerprint density at radius 2 is 2.32 bits per heavy atom. The van der Waals surface area contributed by atoms with Crippen molar-refractivity contribution < 1.29 is 13.7 Å². The standard InChI is InChI=1S/C12H12FN3O2S/c13-7-1-2-8(9(14)5-7)12-15-11(16-18-12)10-6-19-4-3-17-10/h1-2,5,10H,3-4,6,14H2. The summed E-state index contributed by atoms with van der Waals surface area (Å²) in [5.74, 6) is 2.18. The van der Waals surface area contributed by atoms with E-state index in [9.17, 15) is 4.39 Å². The molecule has 19 heavy (non-hydrogen) atoms. The van der Waals surface area contributed by atoms with Crippen LogP contribution in [0.2, 0.25) is 0 Å². The van der Waals surface area contributed by atoms with Gasteiger partial charge in [-0.25, -0.2) is 4.39 Å². The van der Waals surface area contributed by atoms with Crippen LogP contribution in [-0.4, -0.2) is 28.3 Å². The number of hydrogen-bond donors (Lipinski definition) is 1. The number of ether oxygens (including phenoxy) is 1. The summed E-state index contributed by atoms with van der Waals surface area (Å²) >= 11 is 1.79. The first-order chi connectivity index (χ1) is 9.24. The Hall–Kier alpha value is -1.60. The minimum Gasteiger partial charge on any atom is -0.398 e. The summed E-state index contributed by atoms with van der Waals surface area (Å²) in [7, 11) is 0. The predicted octanol–water partition coefficient (Wildman–Crippen LogP) is 2.26. The summed E-state index contributed by atoms with van der Waals surface area (Å²) in [5, 5.41) is 3.91. The number of nitrogen functional groups attached to an aromatic ring is 1. The minimum absolute atomic E-state index is 0.155. The van der Waals surface area contributed by atoms with E-state index in [1.165, 1.54) is 18.2 Å². The fraction of sp³-hybridized carbons (Fsp3) is 0.333. The van der Waals surface area contributed by atoms with Crippen molar-refractivity contribution in [2.24, 2.45) is 0 Å². The number of nitrogens with zero attached hydrogens (tertiary/aromatic N) is 2. The first-order valence-corrected chi connectivity index (χ1v) is 6.98. The number of benzene rings is 1. The van der Waals surface area contributed by atoms with Crippen LogP contribution in [0.3, 0.4) is 0 Å². The summed E-state index contributed by atoms with van der Waals surface area (Å²) in [5.41, 5.74) is 6.54. The average molecular weight is 281 g/mol. The maximum Gasteiger partial charge on any atom is 0.260 e. The molecule has 0 aliphatic carbocycles. The van der Waals surface area contributed by atoms with Gasteiger partial charge in [0.2, 0.25) is 5.82 Å². The molecule has 100 valence electrons. The molecular formula is C12H12FN3O2S. The molecule has 1 aliphatic heterocycles. The molecule has 1 saturated heterocycles. The molecule has 0 radical (unpaired) electrons. The molecule has 2 aromatic rings. The molecule has 5 nitrogen and oxygen atoms in total. The van der Waals surface area contributed by atoms with E-state index in [2.05, 4.69) is 10.1 Å². The quantitative estimate of drug-likeness (QED) is 0.851. The van der Waals surface area contributed by atoms with Crippen LogP contribution >= 0.6 is 11.8 Å². The Bertz CT molecular complexity index is 584. The summed E-state index contributed by atoms with van der Waals surface area (Å²) in [6.07, 6.45) is -0.155. The van der Waals surface area contributed by atoms with E-state index in [-0.39, 0.29) is 17.7 Å². The second-order valence-corrected chi connectivity index (χ2v) is 5.27. The highest BCUT2D eigenvalue weighted by Crippen LogP contribution is 2.29. The van der Waals surface area contributed by atoms with Gasteiger partial charge < -0.3 is 15.0 Å². The number of nitrogens with two attached hydrogens (primary N) is 1. The van der Waals surface area contributed by atoms with Gasteiger partial charge in [-0.3, -0.25) is 0 Å². The summed E-state index contributed by atoms with van der Waals surface area (Å²) in [4.78, 5) is 4.28. The van der Waals surface area contributed by atoms with E-state index in [1.807, 2.05) is 0 Å². The van der Waals surface area contributed by atoms with Gasteiger partial charge in [0.05, 0.1) is 12.2 Å². The zero-order chi connectivity index (χ0) is 13.2. The molecule has 0 saturated carbocycles. The van der Waals surface area contributed by atoms with E-state index in [0.717, 1.165) is 11.5 Å². The smallest absolute Gasteiger partial charge is 0.260 e. The zero-order valence-electron chi connectivity index (χ0n) is 10.0. The van der Waals surface area contributed by atoms with Gasteiger partial charge in [-0.05, 0) is 18.2 Å². The Kier molecular flexibility index (Phi) is 3.39. The van der Waals surface area contributed by atoms with Gasteiger partial charge in [0.1, 0.15) is 11.9 Å². The van der Waals surface area contributed by atoms with Gasteiger partial charge >= 0.3 is 0 Å². The summed E-state index contributed by atoms with van der Waals surface area (Å²) < 4.78 is 23.7. The molecule has 1 fully saturated rings. The van der Waals surface area contributed by atoms with Gasteiger partial charge in [-0.15, -0.1) is 0 Å². The van der Waals surface area contributed by atoms with Crippen molar-refractivity contribution >= 4 is 17.4 Å². The number of anilines is 1. The van der Waals surface area contributed by atoms with Gasteiger partial charge in [-0.2, -0.15) is 16.7 Å². The highest BCUT2D eigenvalue weighted by atomic mass is 32.2. The first-order valence-electron chi connectivity index (χ1n) is 5.82. The van der Waals surface area contributed by atoms with E-state index in [4.69, 9.17) is 15.0 Å². The predicted molar refractivity (Wildman–Crippen MR) is 70.1 cm³/mol. The van der Waals surface area contributed by atoms with Crippen molar-refractivity contribution in [1.82, 2.24) is 10.1 Å². The third kappa shape index (κ3) is 2.57. The molecule has 1 aliphatic rings. The van der Waals surface area contributed by atoms with Crippen LogP contribution in [0.5, 0.6) is 0 Å². The Labute approximate surface area is 113 Å². The number of thioether (sulfide) groups is 1. The highest BCUT2D eigenvalue weighted by molar-refractivity contribution is 7.99. The lowest BCUT2D eigenvalue weighted by atomic mass is 10.2. The molecule has 3 rings (SSSR count). The molecule has 1 unspecified atom stereocenters. The Morgan fingerprint density at radius 1 is 1.42 bits per heavy atom. The normalized spacial score (nSPS) is 19.5. The van der Waals surface area contributed by atoms with Crippen molar-refractivity contribution in [1.29, 1.82) is 0 Å². The highest BCUT2D eigenvalue weighted by Gasteiger charge is 2.23. The molecule has 2 heterocycles. The molecule has 0 amide bonds. The number of aromatic nitrogens is 2. The van der Waals surface area contributed by atoms with Gasteiger partial charge in [0.15, 0.2) is 0 Å². The molecule has 2 N–H and O–H groups in total. The second kappa shape index (κ2) is 5.18. The third-order valence-electron chi connectivity index (χ3n) is 2.79. The Morgan fingerprint density at radius 3 is 3.05 bits per heavy atom. The number of hydrogen-bond acceptors (Lipinski definition) is 6. The maximum atomic E-state index is 13.0. The first kappa shape index (κ1) is 12.4. The second-order valence-electron chi connectivity index (χ2n) is 4.12. The molecule has 0 spiro atoms. The summed E-state index contributed by atoms with van der Waals surface area (Å²) in [6.45, 7) is 0.678. The lowest BCUT2D eigenvalue weighted by Crippen LogP contribution is -2.16. The van der Waals surface area contributed by atoms with Gasteiger partial charge in [-0.1, -0.05) is 5.16 Å². The minimum atomic E-state index is -0.395. The van der Waals surface area contributed by atoms with Crippen molar-refractivity contribution in [3.05, 3.63) is 29.8 Å². The maximum absolute atomic E-state index is 13.0. The molecule has 7 heteroatoms. The van der Waals surface area contributed by atoms with Crippen molar-refractivity contribution in [3.8, 4) is 11.5 Å². The molecule has 1 aromatic carbocycles. The lowest BCUT2D eigenvalue weighted by molar-refractivity contribution is 0.0677. The third-order valence-corrected chi connectivity index (χ3v) is 3.78. The lowest BCUT2D eigenvalue weighted by Gasteiger charge is -2.18. The Balaban J connectivity index is 1.87. The van der Waals surface area contributed by atoms with Crippen LogP contribution in [0.15, 0.2) is 22.7 Å². The van der Waals surface area contributed by atoms with Crippen molar-refractivity contribution in [2.45, 2.75) is 6.10 Å². The number of halogens is 1. The van der Waals surface area contributed by atoms with E-state index >= 15 is 0 Å². The fourth-order valence-electron chi connectivity index (χ4n) is 1.84. The topological polar surface area (TPSA) is 74.2 Å².